The Morgan fingerprint density at radius 3 is 1.62 bits per heavy atom. The molecule has 72 valence electrons. The van der Waals surface area contributed by atoms with Gasteiger partial charge < -0.3 is 4.79 Å². The maximum Gasteiger partial charge on any atom is 0.129 e. The van der Waals surface area contributed by atoms with E-state index in [-0.39, 0.29) is 5.78 Å². The second-order valence-corrected chi connectivity index (χ2v) is 3.14. The van der Waals surface area contributed by atoms with Crippen molar-refractivity contribution in [1.29, 1.82) is 0 Å². The SMILES string of the molecule is CCC(C)=O.Cc1ccccc1C. The van der Waals surface area contributed by atoms with Gasteiger partial charge in [0, 0.05) is 6.42 Å². The number of hydrogen-bond donors (Lipinski definition) is 0. The summed E-state index contributed by atoms with van der Waals surface area (Å²) in [5.41, 5.74) is 2.74. The number of hydrogen-bond acceptors (Lipinski definition) is 1. The smallest absolute Gasteiger partial charge is 0.129 e. The normalized spacial score (nSPS) is 8.62. The molecule has 1 rings (SSSR count). The van der Waals surface area contributed by atoms with Gasteiger partial charge in [-0.2, -0.15) is 0 Å². The average molecular weight is 178 g/mol. The molecule has 0 spiro atoms. The average Bonchev–Trinajstić information content (AvgIpc) is 2.11. The van der Waals surface area contributed by atoms with Crippen LogP contribution in [0.1, 0.15) is 31.4 Å². The molecule has 1 aromatic rings. The predicted octanol–water partition coefficient (Wildman–Crippen LogP) is 3.29. The fourth-order valence-electron chi connectivity index (χ4n) is 0.663. The Balaban J connectivity index is 0.000000252. The maximum atomic E-state index is 9.81. The molecule has 0 amide bonds. The summed E-state index contributed by atoms with van der Waals surface area (Å²) in [6.07, 6.45) is 0.667. The molecule has 0 radical (unpaired) electrons. The van der Waals surface area contributed by atoms with Gasteiger partial charge in [-0.15, -0.1) is 0 Å². The monoisotopic (exact) mass is 178 g/mol. The lowest BCUT2D eigenvalue weighted by Gasteiger charge is -1.93. The minimum atomic E-state index is 0.255. The summed E-state index contributed by atoms with van der Waals surface area (Å²) in [6, 6.07) is 8.36. The van der Waals surface area contributed by atoms with Crippen molar-refractivity contribution in [3.8, 4) is 0 Å². The van der Waals surface area contributed by atoms with Crippen LogP contribution in [0.15, 0.2) is 24.3 Å². The van der Waals surface area contributed by atoms with Crippen LogP contribution in [-0.4, -0.2) is 5.78 Å². The predicted molar refractivity (Wildman–Crippen MR) is 56.9 cm³/mol. The van der Waals surface area contributed by atoms with Crippen LogP contribution in [0, 0.1) is 13.8 Å². The van der Waals surface area contributed by atoms with E-state index in [1.165, 1.54) is 11.1 Å². The number of benzene rings is 1. The standard InChI is InChI=1S/C8H10.C4H8O/c1-7-5-3-4-6-8(7)2;1-3-4(2)5/h3-6H,1-2H3;3H2,1-2H3. The highest BCUT2D eigenvalue weighted by Crippen LogP contribution is 2.02. The molecule has 0 heterocycles. The molecule has 0 aliphatic rings. The summed E-state index contributed by atoms with van der Waals surface area (Å²) in [6.45, 7) is 7.67. The Hall–Kier alpha value is -1.11. The Kier molecular flexibility index (Phi) is 5.86. The van der Waals surface area contributed by atoms with Crippen molar-refractivity contribution in [3.63, 3.8) is 0 Å². The number of Topliss-reactive ketones (excluding diaryl/α,β-unsaturated/α-hetero) is 1. The maximum absolute atomic E-state index is 9.81. The zero-order chi connectivity index (χ0) is 10.3. The highest BCUT2D eigenvalue weighted by molar-refractivity contribution is 5.74. The summed E-state index contributed by atoms with van der Waals surface area (Å²) >= 11 is 0. The fourth-order valence-corrected chi connectivity index (χ4v) is 0.663. The molecule has 0 unspecified atom stereocenters. The number of carbonyl (C=O) groups is 1. The molecule has 0 saturated heterocycles. The summed E-state index contributed by atoms with van der Waals surface area (Å²) in [7, 11) is 0. The lowest BCUT2D eigenvalue weighted by Crippen LogP contribution is -1.80. The lowest BCUT2D eigenvalue weighted by atomic mass is 10.1. The van der Waals surface area contributed by atoms with Gasteiger partial charge in [-0.05, 0) is 31.9 Å². The first-order chi connectivity index (χ1) is 6.07. The minimum Gasteiger partial charge on any atom is -0.300 e. The van der Waals surface area contributed by atoms with Crippen molar-refractivity contribution in [2.45, 2.75) is 34.1 Å². The molecule has 0 aliphatic heterocycles. The lowest BCUT2D eigenvalue weighted by molar-refractivity contribution is -0.116. The third-order valence-electron chi connectivity index (χ3n) is 1.92. The van der Waals surface area contributed by atoms with E-state index >= 15 is 0 Å². The topological polar surface area (TPSA) is 17.1 Å². The van der Waals surface area contributed by atoms with Gasteiger partial charge in [-0.3, -0.25) is 0 Å². The van der Waals surface area contributed by atoms with Gasteiger partial charge in [-0.25, -0.2) is 0 Å². The highest BCUT2D eigenvalue weighted by Gasteiger charge is 1.83. The van der Waals surface area contributed by atoms with Crippen molar-refractivity contribution in [1.82, 2.24) is 0 Å². The van der Waals surface area contributed by atoms with Crippen LogP contribution in [0.4, 0.5) is 0 Å². The zero-order valence-corrected chi connectivity index (χ0v) is 8.92. The summed E-state index contributed by atoms with van der Waals surface area (Å²) in [5.74, 6) is 0.255. The van der Waals surface area contributed by atoms with Crippen molar-refractivity contribution >= 4 is 5.78 Å². The van der Waals surface area contributed by atoms with E-state index in [0.29, 0.717) is 6.42 Å². The highest BCUT2D eigenvalue weighted by atomic mass is 16.1. The summed E-state index contributed by atoms with van der Waals surface area (Å²) < 4.78 is 0. The van der Waals surface area contributed by atoms with E-state index < -0.39 is 0 Å². The van der Waals surface area contributed by atoms with Crippen LogP contribution in [0.5, 0.6) is 0 Å². The Morgan fingerprint density at radius 1 is 1.15 bits per heavy atom. The van der Waals surface area contributed by atoms with E-state index in [1.807, 2.05) is 6.92 Å². The van der Waals surface area contributed by atoms with Crippen LogP contribution in [0.3, 0.4) is 0 Å². The number of rotatable bonds is 1. The first kappa shape index (κ1) is 11.9. The van der Waals surface area contributed by atoms with Crippen LogP contribution in [0.2, 0.25) is 0 Å². The fraction of sp³-hybridized carbons (Fsp3) is 0.417. The van der Waals surface area contributed by atoms with Crippen molar-refractivity contribution in [3.05, 3.63) is 35.4 Å². The number of carbonyl (C=O) groups excluding carboxylic acids is 1. The van der Waals surface area contributed by atoms with E-state index in [4.69, 9.17) is 0 Å². The second-order valence-electron chi connectivity index (χ2n) is 3.14. The van der Waals surface area contributed by atoms with Crippen LogP contribution in [-0.2, 0) is 4.79 Å². The molecule has 0 aromatic heterocycles. The van der Waals surface area contributed by atoms with E-state index in [9.17, 15) is 4.79 Å². The molecule has 0 atom stereocenters. The first-order valence-electron chi connectivity index (χ1n) is 4.59. The van der Waals surface area contributed by atoms with Crippen molar-refractivity contribution < 1.29 is 4.79 Å². The Bertz CT molecular complexity index is 243. The van der Waals surface area contributed by atoms with Gasteiger partial charge in [0.15, 0.2) is 0 Å². The van der Waals surface area contributed by atoms with Gasteiger partial charge in [0.2, 0.25) is 0 Å². The Labute approximate surface area is 80.8 Å². The molecular weight excluding hydrogens is 160 g/mol. The third kappa shape index (κ3) is 6.09. The first-order valence-corrected chi connectivity index (χ1v) is 4.59. The van der Waals surface area contributed by atoms with E-state index in [0.717, 1.165) is 0 Å². The number of ketones is 1. The molecule has 0 aliphatic carbocycles. The quantitative estimate of drug-likeness (QED) is 0.645. The molecule has 0 saturated carbocycles. The van der Waals surface area contributed by atoms with Crippen LogP contribution < -0.4 is 0 Å². The molecular formula is C12H18O. The number of aryl methyl sites for hydroxylation is 2. The Morgan fingerprint density at radius 2 is 1.46 bits per heavy atom. The van der Waals surface area contributed by atoms with E-state index in [2.05, 4.69) is 38.1 Å². The van der Waals surface area contributed by atoms with Crippen LogP contribution in [0.25, 0.3) is 0 Å². The van der Waals surface area contributed by atoms with Gasteiger partial charge in [0.05, 0.1) is 0 Å². The molecule has 0 fully saturated rings. The molecule has 13 heavy (non-hydrogen) atoms. The molecule has 0 bridgehead atoms. The summed E-state index contributed by atoms with van der Waals surface area (Å²) in [5, 5.41) is 0. The minimum absolute atomic E-state index is 0.255. The largest absolute Gasteiger partial charge is 0.300 e. The second kappa shape index (κ2) is 6.41. The van der Waals surface area contributed by atoms with Crippen LogP contribution >= 0.6 is 0 Å². The van der Waals surface area contributed by atoms with Gasteiger partial charge in [0.1, 0.15) is 5.78 Å². The molecule has 0 N–H and O–H groups in total. The van der Waals surface area contributed by atoms with E-state index in [1.54, 1.807) is 6.92 Å². The van der Waals surface area contributed by atoms with Gasteiger partial charge in [-0.1, -0.05) is 31.2 Å². The summed E-state index contributed by atoms with van der Waals surface area (Å²) in [4.78, 5) is 9.81. The third-order valence-corrected chi connectivity index (χ3v) is 1.92. The molecule has 1 aromatic carbocycles. The zero-order valence-electron chi connectivity index (χ0n) is 8.92. The van der Waals surface area contributed by atoms with Gasteiger partial charge in [0.25, 0.3) is 0 Å². The van der Waals surface area contributed by atoms with Crippen molar-refractivity contribution in [2.75, 3.05) is 0 Å². The molecule has 1 heteroatoms. The van der Waals surface area contributed by atoms with Crippen molar-refractivity contribution in [2.24, 2.45) is 0 Å². The van der Waals surface area contributed by atoms with Gasteiger partial charge >= 0.3 is 0 Å². The molecule has 1 nitrogen and oxygen atoms in total.